The van der Waals surface area contributed by atoms with Crippen molar-refractivity contribution in [3.63, 3.8) is 0 Å². The number of rotatable bonds is 21. The molecule has 0 unspecified atom stereocenters. The summed E-state index contributed by atoms with van der Waals surface area (Å²) in [5, 5.41) is 0. The summed E-state index contributed by atoms with van der Waals surface area (Å²) in [7, 11) is 0. The molecule has 3 aromatic carbocycles. The minimum atomic E-state index is -0.0188. The van der Waals surface area contributed by atoms with Gasteiger partial charge in [0.1, 0.15) is 17.6 Å². The Hall–Kier alpha value is -3.53. The van der Waals surface area contributed by atoms with Crippen molar-refractivity contribution in [3.05, 3.63) is 84.4 Å². The van der Waals surface area contributed by atoms with E-state index < -0.39 is 0 Å². The van der Waals surface area contributed by atoms with E-state index in [0.717, 1.165) is 97.7 Å². The summed E-state index contributed by atoms with van der Waals surface area (Å²) in [5.74, 6) is 6.90. The van der Waals surface area contributed by atoms with E-state index in [1.54, 1.807) is 5.57 Å². The quantitative estimate of drug-likeness (QED) is 0.0609. The van der Waals surface area contributed by atoms with Gasteiger partial charge in [-0.25, -0.2) is 0 Å². The molecule has 0 amide bonds. The van der Waals surface area contributed by atoms with Gasteiger partial charge in [0, 0.05) is 12.8 Å². The van der Waals surface area contributed by atoms with Crippen LogP contribution in [0.5, 0.6) is 11.5 Å². The third kappa shape index (κ3) is 11.2. The molecule has 4 heteroatoms. The van der Waals surface area contributed by atoms with Gasteiger partial charge in [-0.2, -0.15) is 0 Å². The Labute approximate surface area is 371 Å². The maximum Gasteiger partial charge on any atom is 0.306 e. The maximum absolute atomic E-state index is 13.0. The van der Waals surface area contributed by atoms with Crippen molar-refractivity contribution in [2.45, 2.75) is 170 Å². The summed E-state index contributed by atoms with van der Waals surface area (Å²) in [4.78, 5) is 13.0. The highest BCUT2D eigenvalue weighted by Gasteiger charge is 2.59. The van der Waals surface area contributed by atoms with E-state index in [1.165, 1.54) is 93.7 Å². The van der Waals surface area contributed by atoms with Crippen molar-refractivity contribution < 1.29 is 19.0 Å². The van der Waals surface area contributed by atoms with Gasteiger partial charge in [-0.3, -0.25) is 4.79 Å². The fourth-order valence-corrected chi connectivity index (χ4v) is 12.8. The Balaban J connectivity index is 0.803. The van der Waals surface area contributed by atoms with Crippen LogP contribution in [-0.2, 0) is 9.53 Å². The topological polar surface area (TPSA) is 44.8 Å². The van der Waals surface area contributed by atoms with Gasteiger partial charge in [0.15, 0.2) is 0 Å². The summed E-state index contributed by atoms with van der Waals surface area (Å²) in [6.45, 7) is 16.3. The molecule has 332 valence electrons. The van der Waals surface area contributed by atoms with E-state index in [-0.39, 0.29) is 17.5 Å². The third-order valence-electron chi connectivity index (χ3n) is 16.4. The number of esters is 1. The van der Waals surface area contributed by atoms with Crippen molar-refractivity contribution in [1.29, 1.82) is 0 Å². The molecule has 0 N–H and O–H groups in total. The Kier molecular flexibility index (Phi) is 15.8. The number of unbranched alkanes of at least 4 members (excludes halogenated alkanes) is 5. The zero-order valence-corrected chi connectivity index (χ0v) is 39.0. The Bertz CT molecular complexity index is 1860. The van der Waals surface area contributed by atoms with Gasteiger partial charge in [-0.15, -0.1) is 0 Å². The maximum atomic E-state index is 13.0. The molecule has 7 rings (SSSR count). The minimum Gasteiger partial charge on any atom is -0.494 e. The lowest BCUT2D eigenvalue weighted by molar-refractivity contribution is -0.151. The van der Waals surface area contributed by atoms with Crippen LogP contribution in [0.25, 0.3) is 22.3 Å². The van der Waals surface area contributed by atoms with Crippen molar-refractivity contribution in [3.8, 4) is 33.8 Å². The molecular weight excluding hydrogens is 749 g/mol. The zero-order chi connectivity index (χ0) is 42.8. The second-order valence-electron chi connectivity index (χ2n) is 20.8. The first kappa shape index (κ1) is 45.5. The summed E-state index contributed by atoms with van der Waals surface area (Å²) in [5.41, 5.74) is 7.11. The van der Waals surface area contributed by atoms with Gasteiger partial charge < -0.3 is 14.2 Å². The molecule has 61 heavy (non-hydrogen) atoms. The molecule has 0 saturated heterocycles. The number of fused-ring (bicyclic) bond motifs is 5. The fraction of sp³-hybridized carbons (Fsp3) is 0.632. The molecule has 4 aliphatic rings. The lowest BCUT2D eigenvalue weighted by Crippen LogP contribution is -2.51. The smallest absolute Gasteiger partial charge is 0.306 e. The van der Waals surface area contributed by atoms with Gasteiger partial charge in [0.05, 0.1) is 13.2 Å². The van der Waals surface area contributed by atoms with Crippen LogP contribution in [0, 0.1) is 46.3 Å². The van der Waals surface area contributed by atoms with E-state index in [2.05, 4.69) is 114 Å². The lowest BCUT2D eigenvalue weighted by atomic mass is 9.47. The molecule has 4 aliphatic carbocycles. The first-order chi connectivity index (χ1) is 29.6. The predicted octanol–water partition coefficient (Wildman–Crippen LogP) is 15.9. The monoisotopic (exact) mass is 829 g/mol. The van der Waals surface area contributed by atoms with Crippen LogP contribution in [-0.4, -0.2) is 25.3 Å². The van der Waals surface area contributed by atoms with Gasteiger partial charge in [-0.05, 0) is 163 Å². The number of carbonyl (C=O) groups excluding carboxylic acids is 1. The van der Waals surface area contributed by atoms with Crippen LogP contribution >= 0.6 is 0 Å². The molecule has 0 heterocycles. The van der Waals surface area contributed by atoms with Crippen LogP contribution in [0.2, 0.25) is 0 Å². The zero-order valence-electron chi connectivity index (χ0n) is 39.0. The average Bonchev–Trinajstić information content (AvgIpc) is 3.62. The van der Waals surface area contributed by atoms with Crippen LogP contribution in [0.3, 0.4) is 0 Å². The second-order valence-corrected chi connectivity index (χ2v) is 20.8. The number of hydrogen-bond acceptors (Lipinski definition) is 4. The molecule has 4 nitrogen and oxygen atoms in total. The molecule has 3 fully saturated rings. The van der Waals surface area contributed by atoms with E-state index >= 15 is 0 Å². The van der Waals surface area contributed by atoms with Gasteiger partial charge in [0.2, 0.25) is 0 Å². The lowest BCUT2D eigenvalue weighted by Gasteiger charge is -2.58. The molecule has 0 aliphatic heterocycles. The van der Waals surface area contributed by atoms with Crippen molar-refractivity contribution in [2.75, 3.05) is 13.2 Å². The molecule has 0 radical (unpaired) electrons. The highest BCUT2D eigenvalue weighted by atomic mass is 16.5. The molecule has 0 bridgehead atoms. The molecule has 0 aromatic heterocycles. The highest BCUT2D eigenvalue weighted by Crippen LogP contribution is 2.67. The molecule has 8 atom stereocenters. The van der Waals surface area contributed by atoms with Crippen LogP contribution < -0.4 is 9.47 Å². The van der Waals surface area contributed by atoms with Crippen molar-refractivity contribution in [2.24, 2.45) is 46.3 Å². The summed E-state index contributed by atoms with van der Waals surface area (Å²) in [6.07, 6.45) is 25.0. The Morgan fingerprint density at radius 2 is 1.38 bits per heavy atom. The Morgan fingerprint density at radius 3 is 2.10 bits per heavy atom. The number of hydrogen-bond donors (Lipinski definition) is 0. The summed E-state index contributed by atoms with van der Waals surface area (Å²) in [6, 6.07) is 25.6. The molecule has 3 saturated carbocycles. The fourth-order valence-electron chi connectivity index (χ4n) is 12.8. The Morgan fingerprint density at radius 1 is 0.689 bits per heavy atom. The van der Waals surface area contributed by atoms with Crippen molar-refractivity contribution >= 4 is 5.97 Å². The van der Waals surface area contributed by atoms with E-state index in [1.807, 2.05) is 6.07 Å². The number of ether oxygens (including phenoxy) is 3. The minimum absolute atomic E-state index is 0.0188. The first-order valence-corrected chi connectivity index (χ1v) is 25.0. The SMILES string of the molecule is CCCCCCOc1ccc(-c2ccc(-c3cccc(OCCCCCC(=O)O[C@H]4CC[C@@]5(C)C(=CC[C@H]6[C@@H]7CC[C@H]([C@H](C)CCCC(C)C)[C@@]7(C)CC[C@@H]65)C4)c3)cc2)cc1. The number of allylic oxidation sites excluding steroid dienone is 1. The summed E-state index contributed by atoms with van der Waals surface area (Å²) < 4.78 is 18.3. The highest BCUT2D eigenvalue weighted by molar-refractivity contribution is 5.71. The summed E-state index contributed by atoms with van der Waals surface area (Å²) >= 11 is 0. The standard InChI is InChI=1S/C57H80O4/c1-7-8-9-12-37-59-48-28-25-44(26-29-48)43-21-23-45(24-22-43)46-18-15-19-49(39-46)60-38-13-10-11-20-55(58)61-50-33-35-56(5)47(40-50)27-30-51-53-32-31-52(42(4)17-14-16-41(2)3)57(53,6)36-34-54(51)56/h15,18-19,21-29,39,41-42,50-54H,7-14,16-17,20,30-38,40H2,1-6H3/t42-,50+,51+,52-,53+,54+,56+,57-/m1/s1. The average molecular weight is 829 g/mol. The van der Waals surface area contributed by atoms with Crippen LogP contribution in [0.1, 0.15) is 164 Å². The molecule has 0 spiro atoms. The van der Waals surface area contributed by atoms with Gasteiger partial charge in [0.25, 0.3) is 0 Å². The van der Waals surface area contributed by atoms with Gasteiger partial charge >= 0.3 is 5.97 Å². The predicted molar refractivity (Wildman–Crippen MR) is 254 cm³/mol. The molecular formula is C57H80O4. The van der Waals surface area contributed by atoms with Crippen LogP contribution in [0.4, 0.5) is 0 Å². The van der Waals surface area contributed by atoms with Crippen LogP contribution in [0.15, 0.2) is 84.4 Å². The second kappa shape index (κ2) is 21.2. The first-order valence-electron chi connectivity index (χ1n) is 25.0. The van der Waals surface area contributed by atoms with Gasteiger partial charge in [-0.1, -0.05) is 140 Å². The largest absolute Gasteiger partial charge is 0.494 e. The third-order valence-corrected chi connectivity index (χ3v) is 16.4. The number of benzene rings is 3. The van der Waals surface area contributed by atoms with Crippen molar-refractivity contribution in [1.82, 2.24) is 0 Å². The molecule has 3 aromatic rings. The normalized spacial score (nSPS) is 27.4. The van der Waals surface area contributed by atoms with E-state index in [0.29, 0.717) is 18.4 Å². The van der Waals surface area contributed by atoms with E-state index in [4.69, 9.17) is 14.2 Å². The number of carbonyl (C=O) groups is 1. The van der Waals surface area contributed by atoms with E-state index in [9.17, 15) is 4.79 Å².